The molecule has 0 saturated carbocycles. The Bertz CT molecular complexity index is 3240. The summed E-state index contributed by atoms with van der Waals surface area (Å²) in [5, 5.41) is 1.62. The molecule has 6 aromatic rings. The van der Waals surface area contributed by atoms with E-state index < -0.39 is 78.7 Å². The average Bonchev–Trinajstić information content (AvgIpc) is 3.54. The standard InChI is InChI=1S/C64H72O14P2.2CH4/c1-41-39-51(63(7,8)9)57(43(3)55(41)61(69)79(71,47-25-17-13-18-26-47)48-27-19-14-20-28-48)74-36-35-73-53(65)33-34-54(66)77-46(6)78-60(68)45(5)59(67)76-38-37-75-58-44(4)56(42(2)40-52(58)64(10,11)12)62(70)80(72,49-29-21-15-22-30-49)50-31-23-16-24-32-50;;/h13-32,39-40,45-46H,33-38H2,1-12H3;2*1H4. The van der Waals surface area contributed by atoms with Crippen LogP contribution in [0.1, 0.15) is 137 Å². The van der Waals surface area contributed by atoms with E-state index in [1.807, 2.05) is 60.6 Å². The Morgan fingerprint density at radius 3 is 1.12 bits per heavy atom. The summed E-state index contributed by atoms with van der Waals surface area (Å²) >= 11 is 0. The van der Waals surface area contributed by atoms with Gasteiger partial charge in [0.25, 0.3) is 0 Å². The number of esters is 4. The normalized spacial score (nSPS) is 12.3. The van der Waals surface area contributed by atoms with Gasteiger partial charge in [-0.15, -0.1) is 0 Å². The van der Waals surface area contributed by atoms with Gasteiger partial charge in [-0.2, -0.15) is 0 Å². The zero-order chi connectivity index (χ0) is 58.7. The maximum atomic E-state index is 15.1. The molecule has 0 spiro atoms. The van der Waals surface area contributed by atoms with Gasteiger partial charge in [-0.3, -0.25) is 28.8 Å². The highest BCUT2D eigenvalue weighted by molar-refractivity contribution is 7.94. The van der Waals surface area contributed by atoms with Crippen molar-refractivity contribution < 1.29 is 66.3 Å². The molecule has 0 aromatic heterocycles. The maximum Gasteiger partial charge on any atom is 0.323 e. The van der Waals surface area contributed by atoms with Crippen LogP contribution in [-0.2, 0) is 58.1 Å². The molecule has 0 aliphatic carbocycles. The summed E-state index contributed by atoms with van der Waals surface area (Å²) < 4.78 is 63.9. The molecule has 2 unspecified atom stereocenters. The lowest BCUT2D eigenvalue weighted by atomic mass is 9.83. The van der Waals surface area contributed by atoms with Gasteiger partial charge in [0.15, 0.2) is 5.92 Å². The van der Waals surface area contributed by atoms with E-state index in [0.717, 1.165) is 11.1 Å². The minimum atomic E-state index is -3.87. The minimum Gasteiger partial charge on any atom is -0.489 e. The number of carbonyl (C=O) groups excluding carboxylic acids is 6. The first-order valence-electron chi connectivity index (χ1n) is 26.5. The fourth-order valence-electron chi connectivity index (χ4n) is 9.33. The molecule has 0 radical (unpaired) electrons. The number of hydrogen-bond acceptors (Lipinski definition) is 14. The molecule has 0 heterocycles. The predicted octanol–water partition coefficient (Wildman–Crippen LogP) is 12.5. The van der Waals surface area contributed by atoms with Crippen molar-refractivity contribution >= 4 is 70.4 Å². The van der Waals surface area contributed by atoms with E-state index >= 15 is 9.13 Å². The first kappa shape index (κ1) is 67.1. The van der Waals surface area contributed by atoms with E-state index in [9.17, 15) is 28.8 Å². The van der Waals surface area contributed by atoms with Gasteiger partial charge >= 0.3 is 23.9 Å². The number of ether oxygens (including phenoxy) is 6. The van der Waals surface area contributed by atoms with Crippen LogP contribution in [0.2, 0.25) is 0 Å². The molecule has 0 N–H and O–H groups in total. The van der Waals surface area contributed by atoms with Crippen LogP contribution in [0.25, 0.3) is 0 Å². The smallest absolute Gasteiger partial charge is 0.323 e. The van der Waals surface area contributed by atoms with E-state index in [0.29, 0.717) is 55.0 Å². The topological polar surface area (TPSA) is 192 Å². The first-order valence-corrected chi connectivity index (χ1v) is 29.9. The Morgan fingerprint density at radius 1 is 0.451 bits per heavy atom. The van der Waals surface area contributed by atoms with Crippen molar-refractivity contribution in [2.45, 2.75) is 128 Å². The second-order valence-corrected chi connectivity index (χ2v) is 26.9. The van der Waals surface area contributed by atoms with Crippen LogP contribution in [0.4, 0.5) is 0 Å². The molecule has 0 amide bonds. The van der Waals surface area contributed by atoms with Crippen molar-refractivity contribution in [3.8, 4) is 11.5 Å². The Balaban J connectivity index is 0.00000722. The van der Waals surface area contributed by atoms with Crippen molar-refractivity contribution in [2.75, 3.05) is 26.4 Å². The van der Waals surface area contributed by atoms with Gasteiger partial charge in [0.2, 0.25) is 31.6 Å². The largest absolute Gasteiger partial charge is 0.489 e. The fourth-order valence-corrected chi connectivity index (χ4v) is 14.5. The lowest BCUT2D eigenvalue weighted by Gasteiger charge is -2.28. The Labute approximate surface area is 484 Å². The van der Waals surface area contributed by atoms with Gasteiger partial charge in [0.1, 0.15) is 37.9 Å². The van der Waals surface area contributed by atoms with Crippen LogP contribution in [-0.4, -0.2) is 67.6 Å². The zero-order valence-corrected chi connectivity index (χ0v) is 49.5. The summed E-state index contributed by atoms with van der Waals surface area (Å²) in [5.41, 5.74) is 2.42. The van der Waals surface area contributed by atoms with Crippen LogP contribution in [0, 0.1) is 33.6 Å². The molecule has 82 heavy (non-hydrogen) atoms. The third-order valence-corrected chi connectivity index (χ3v) is 19.2. The molecule has 0 aliphatic heterocycles. The molecule has 0 saturated heterocycles. The van der Waals surface area contributed by atoms with Crippen molar-refractivity contribution in [1.29, 1.82) is 0 Å². The van der Waals surface area contributed by atoms with Crippen molar-refractivity contribution in [2.24, 2.45) is 5.92 Å². The highest BCUT2D eigenvalue weighted by atomic mass is 31.2. The van der Waals surface area contributed by atoms with E-state index in [1.54, 1.807) is 142 Å². The van der Waals surface area contributed by atoms with Crippen LogP contribution in [0.15, 0.2) is 133 Å². The van der Waals surface area contributed by atoms with Crippen LogP contribution >= 0.6 is 14.3 Å². The molecule has 0 bridgehead atoms. The van der Waals surface area contributed by atoms with Gasteiger partial charge in [-0.05, 0) is 56.6 Å². The summed E-state index contributed by atoms with van der Waals surface area (Å²) in [6, 6.07) is 38.5. The summed E-state index contributed by atoms with van der Waals surface area (Å²) in [4.78, 5) is 80.9. The zero-order valence-electron chi connectivity index (χ0n) is 47.7. The number of hydrogen-bond donors (Lipinski definition) is 0. The first-order chi connectivity index (χ1) is 37.7. The van der Waals surface area contributed by atoms with Gasteiger partial charge < -0.3 is 37.6 Å². The molecular formula is C66H80O14P2. The molecule has 0 aliphatic rings. The van der Waals surface area contributed by atoms with Crippen LogP contribution < -0.4 is 30.7 Å². The third-order valence-electron chi connectivity index (χ3n) is 13.5. The number of rotatable bonds is 23. The highest BCUT2D eigenvalue weighted by Gasteiger charge is 2.41. The molecule has 6 rings (SSSR count). The van der Waals surface area contributed by atoms with E-state index in [-0.39, 0.29) is 58.8 Å². The summed E-state index contributed by atoms with van der Waals surface area (Å²) in [5.74, 6) is -4.19. The molecule has 16 heteroatoms. The second-order valence-electron chi connectivity index (χ2n) is 21.6. The molecule has 6 aromatic carbocycles. The molecule has 14 nitrogen and oxygen atoms in total. The van der Waals surface area contributed by atoms with Gasteiger partial charge in [-0.1, -0.05) is 190 Å². The highest BCUT2D eigenvalue weighted by Crippen LogP contribution is 2.51. The lowest BCUT2D eigenvalue weighted by molar-refractivity contribution is -0.189. The predicted molar refractivity (Wildman–Crippen MR) is 324 cm³/mol. The monoisotopic (exact) mass is 1160 g/mol. The van der Waals surface area contributed by atoms with Crippen LogP contribution in [0.5, 0.6) is 11.5 Å². The Hall–Kier alpha value is -7.40. The molecule has 2 atom stereocenters. The minimum absolute atomic E-state index is 0. The Kier molecular flexibility index (Phi) is 23.4. The third kappa shape index (κ3) is 15.4. The summed E-state index contributed by atoms with van der Waals surface area (Å²) in [6.07, 6.45) is -2.20. The van der Waals surface area contributed by atoms with E-state index in [1.165, 1.54) is 13.8 Å². The summed E-state index contributed by atoms with van der Waals surface area (Å²) in [7, 11) is -7.72. The van der Waals surface area contributed by atoms with Gasteiger partial charge in [0.05, 0.1) is 12.8 Å². The average molecular weight is 1160 g/mol. The quantitative estimate of drug-likeness (QED) is 0.0147. The van der Waals surface area contributed by atoms with Crippen molar-refractivity contribution in [3.05, 3.63) is 178 Å². The van der Waals surface area contributed by atoms with E-state index in [2.05, 4.69) is 0 Å². The molecule has 438 valence electrons. The SMILES string of the molecule is C.C.Cc1cc(C(C)(C)C)c(OCCOC(=O)CCC(=O)OC(C)OC(=O)C(C)C(=O)OCCOc2c(C(C)(C)C)cc(C)c(C(=O)P(=O)(c3ccccc3)c3ccccc3)c2C)c(C)c1C(=O)P(=O)(c1ccccc1)c1ccccc1. The number of carbonyl (C=O) groups is 6. The number of benzene rings is 6. The second kappa shape index (κ2) is 28.5. The fraction of sp³-hybridized carbons (Fsp3) is 0.364. The van der Waals surface area contributed by atoms with Crippen LogP contribution in [0.3, 0.4) is 0 Å². The maximum absolute atomic E-state index is 15.1. The Morgan fingerprint density at radius 2 is 0.780 bits per heavy atom. The van der Waals surface area contributed by atoms with Gasteiger partial charge in [0, 0.05) is 61.5 Å². The van der Waals surface area contributed by atoms with Crippen molar-refractivity contribution in [1.82, 2.24) is 0 Å². The van der Waals surface area contributed by atoms with Crippen molar-refractivity contribution in [3.63, 3.8) is 0 Å². The lowest BCUT2D eigenvalue weighted by Crippen LogP contribution is -2.31. The molecule has 0 fully saturated rings. The van der Waals surface area contributed by atoms with E-state index in [4.69, 9.17) is 28.4 Å². The summed E-state index contributed by atoms with van der Waals surface area (Å²) in [6.45, 7) is 20.9. The molecular weight excluding hydrogens is 1080 g/mol. The van der Waals surface area contributed by atoms with Gasteiger partial charge in [-0.25, -0.2) is 0 Å². The number of aryl methyl sites for hydroxylation is 2.